The minimum Gasteiger partial charge on any atom is -0.373 e. The van der Waals surface area contributed by atoms with Crippen LogP contribution in [-0.2, 0) is 4.74 Å². The average Bonchev–Trinajstić information content (AvgIpc) is 2.80. The smallest absolute Gasteiger partial charge is 0.0860 e. The molecule has 3 unspecified atom stereocenters. The van der Waals surface area contributed by atoms with E-state index in [0.717, 1.165) is 23.8 Å². The fraction of sp³-hybridized carbons (Fsp3) is 1.00. The standard InChI is InChI=1S/C14H25BrO/c1-4-5-8-16-14(10-15)12-7-6-11(9-12)13(14,2)3/h11-12H,4-10H2,1-3H3. The fourth-order valence-electron chi connectivity index (χ4n) is 3.95. The lowest BCUT2D eigenvalue weighted by Crippen LogP contribution is -2.53. The second-order valence-electron chi connectivity index (χ2n) is 6.15. The van der Waals surface area contributed by atoms with Gasteiger partial charge < -0.3 is 4.74 Å². The lowest BCUT2D eigenvalue weighted by Gasteiger charge is -2.48. The molecule has 0 spiro atoms. The SMILES string of the molecule is CCCCOC1(CBr)C2CCC(C2)C1(C)C. The molecule has 2 rings (SSSR count). The Hall–Kier alpha value is 0.440. The second kappa shape index (κ2) is 4.61. The highest BCUT2D eigenvalue weighted by atomic mass is 79.9. The van der Waals surface area contributed by atoms with Crippen molar-refractivity contribution in [3.05, 3.63) is 0 Å². The van der Waals surface area contributed by atoms with Crippen molar-refractivity contribution in [3.8, 4) is 0 Å². The van der Waals surface area contributed by atoms with Gasteiger partial charge in [0.2, 0.25) is 0 Å². The van der Waals surface area contributed by atoms with Gasteiger partial charge in [-0.25, -0.2) is 0 Å². The monoisotopic (exact) mass is 288 g/mol. The summed E-state index contributed by atoms with van der Waals surface area (Å²) in [4.78, 5) is 0. The zero-order valence-electron chi connectivity index (χ0n) is 10.9. The molecular weight excluding hydrogens is 264 g/mol. The Morgan fingerprint density at radius 1 is 1.25 bits per heavy atom. The third kappa shape index (κ3) is 1.68. The number of ether oxygens (including phenoxy) is 1. The highest BCUT2D eigenvalue weighted by Crippen LogP contribution is 2.63. The van der Waals surface area contributed by atoms with E-state index in [1.165, 1.54) is 32.1 Å². The van der Waals surface area contributed by atoms with Gasteiger partial charge >= 0.3 is 0 Å². The van der Waals surface area contributed by atoms with Crippen LogP contribution in [0.15, 0.2) is 0 Å². The van der Waals surface area contributed by atoms with Crippen LogP contribution in [-0.4, -0.2) is 17.5 Å². The molecule has 2 aliphatic rings. The summed E-state index contributed by atoms with van der Waals surface area (Å²) in [5, 5.41) is 1.01. The quantitative estimate of drug-likeness (QED) is 0.538. The summed E-state index contributed by atoms with van der Waals surface area (Å²) < 4.78 is 6.38. The molecule has 16 heavy (non-hydrogen) atoms. The first-order valence-electron chi connectivity index (χ1n) is 6.78. The third-order valence-electron chi connectivity index (χ3n) is 5.26. The minimum atomic E-state index is 0.116. The van der Waals surface area contributed by atoms with Gasteiger partial charge in [0.05, 0.1) is 5.60 Å². The van der Waals surface area contributed by atoms with Crippen molar-refractivity contribution < 1.29 is 4.74 Å². The van der Waals surface area contributed by atoms with Gasteiger partial charge in [-0.1, -0.05) is 43.1 Å². The van der Waals surface area contributed by atoms with Crippen LogP contribution in [0.3, 0.4) is 0 Å². The van der Waals surface area contributed by atoms with Crippen molar-refractivity contribution in [2.45, 2.75) is 58.5 Å². The van der Waals surface area contributed by atoms with Gasteiger partial charge in [-0.15, -0.1) is 0 Å². The molecule has 3 atom stereocenters. The number of hydrogen-bond acceptors (Lipinski definition) is 1. The van der Waals surface area contributed by atoms with Gasteiger partial charge in [0.1, 0.15) is 0 Å². The highest BCUT2D eigenvalue weighted by Gasteiger charge is 2.63. The van der Waals surface area contributed by atoms with Crippen LogP contribution in [0.4, 0.5) is 0 Å². The van der Waals surface area contributed by atoms with Crippen LogP contribution in [0, 0.1) is 17.3 Å². The summed E-state index contributed by atoms with van der Waals surface area (Å²) in [6.07, 6.45) is 6.62. The van der Waals surface area contributed by atoms with E-state index >= 15 is 0 Å². The lowest BCUT2D eigenvalue weighted by atomic mass is 9.66. The van der Waals surface area contributed by atoms with Gasteiger partial charge in [0, 0.05) is 11.9 Å². The van der Waals surface area contributed by atoms with Crippen LogP contribution in [0.25, 0.3) is 0 Å². The van der Waals surface area contributed by atoms with Gasteiger partial charge in [-0.05, 0) is 42.9 Å². The van der Waals surface area contributed by atoms with Crippen LogP contribution >= 0.6 is 15.9 Å². The topological polar surface area (TPSA) is 9.23 Å². The Bertz CT molecular complexity index is 251. The predicted octanol–water partition coefficient (Wildman–Crippen LogP) is 4.39. The maximum atomic E-state index is 6.38. The Morgan fingerprint density at radius 2 is 1.94 bits per heavy atom. The average molecular weight is 289 g/mol. The highest BCUT2D eigenvalue weighted by molar-refractivity contribution is 9.09. The molecule has 0 heterocycles. The molecule has 0 aromatic carbocycles. The first-order chi connectivity index (χ1) is 7.58. The maximum absolute atomic E-state index is 6.38. The molecular formula is C14H25BrO. The van der Waals surface area contributed by atoms with E-state index in [0.29, 0.717) is 5.41 Å². The number of unbranched alkanes of at least 4 members (excludes halogenated alkanes) is 1. The third-order valence-corrected chi connectivity index (χ3v) is 6.09. The molecule has 2 fully saturated rings. The van der Waals surface area contributed by atoms with Crippen molar-refractivity contribution in [3.63, 3.8) is 0 Å². The van der Waals surface area contributed by atoms with E-state index in [-0.39, 0.29) is 5.60 Å². The summed E-state index contributed by atoms with van der Waals surface area (Å²) in [7, 11) is 0. The molecule has 2 heteroatoms. The summed E-state index contributed by atoms with van der Waals surface area (Å²) in [6, 6.07) is 0. The number of rotatable bonds is 5. The number of fused-ring (bicyclic) bond motifs is 2. The van der Waals surface area contributed by atoms with Crippen molar-refractivity contribution in [2.75, 3.05) is 11.9 Å². The zero-order valence-corrected chi connectivity index (χ0v) is 12.5. The predicted molar refractivity (Wildman–Crippen MR) is 72.0 cm³/mol. The zero-order chi connectivity index (χ0) is 11.8. The molecule has 0 radical (unpaired) electrons. The Balaban J connectivity index is 2.13. The van der Waals surface area contributed by atoms with E-state index in [1.54, 1.807) is 0 Å². The van der Waals surface area contributed by atoms with E-state index in [1.807, 2.05) is 0 Å². The first-order valence-corrected chi connectivity index (χ1v) is 7.90. The van der Waals surface area contributed by atoms with Gasteiger partial charge in [-0.3, -0.25) is 0 Å². The lowest BCUT2D eigenvalue weighted by molar-refractivity contribution is -0.137. The molecule has 1 nitrogen and oxygen atoms in total. The summed E-state index contributed by atoms with van der Waals surface area (Å²) in [6.45, 7) is 8.01. The van der Waals surface area contributed by atoms with Crippen molar-refractivity contribution in [2.24, 2.45) is 17.3 Å². The molecule has 2 saturated carbocycles. The largest absolute Gasteiger partial charge is 0.373 e. The van der Waals surface area contributed by atoms with Crippen molar-refractivity contribution >= 4 is 15.9 Å². The molecule has 0 aromatic rings. The molecule has 0 aromatic heterocycles. The molecule has 2 aliphatic carbocycles. The summed E-state index contributed by atoms with van der Waals surface area (Å²) in [5.41, 5.74) is 0.470. The molecule has 0 N–H and O–H groups in total. The van der Waals surface area contributed by atoms with E-state index in [9.17, 15) is 0 Å². The Morgan fingerprint density at radius 3 is 2.44 bits per heavy atom. The number of hydrogen-bond donors (Lipinski definition) is 0. The molecule has 94 valence electrons. The summed E-state index contributed by atoms with van der Waals surface area (Å²) >= 11 is 3.74. The van der Waals surface area contributed by atoms with Crippen LogP contribution < -0.4 is 0 Å². The molecule has 0 aliphatic heterocycles. The fourth-order valence-corrected chi connectivity index (χ4v) is 5.30. The van der Waals surface area contributed by atoms with Crippen LogP contribution in [0.1, 0.15) is 52.9 Å². The number of halogens is 1. The van der Waals surface area contributed by atoms with E-state index in [2.05, 4.69) is 36.7 Å². The van der Waals surface area contributed by atoms with Crippen LogP contribution in [0.2, 0.25) is 0 Å². The van der Waals surface area contributed by atoms with Gasteiger partial charge in [-0.2, -0.15) is 0 Å². The number of alkyl halides is 1. The Kier molecular flexibility index (Phi) is 3.71. The summed E-state index contributed by atoms with van der Waals surface area (Å²) in [5.74, 6) is 1.68. The first kappa shape index (κ1) is 12.9. The van der Waals surface area contributed by atoms with Crippen molar-refractivity contribution in [1.29, 1.82) is 0 Å². The normalized spacial score (nSPS) is 40.5. The maximum Gasteiger partial charge on any atom is 0.0860 e. The van der Waals surface area contributed by atoms with Gasteiger partial charge in [0.15, 0.2) is 0 Å². The van der Waals surface area contributed by atoms with Gasteiger partial charge in [0.25, 0.3) is 0 Å². The van der Waals surface area contributed by atoms with Crippen LogP contribution in [0.5, 0.6) is 0 Å². The molecule has 2 bridgehead atoms. The molecule has 0 saturated heterocycles. The second-order valence-corrected chi connectivity index (χ2v) is 6.71. The molecule has 0 amide bonds. The van der Waals surface area contributed by atoms with Crippen molar-refractivity contribution in [1.82, 2.24) is 0 Å². The van der Waals surface area contributed by atoms with E-state index in [4.69, 9.17) is 4.74 Å². The van der Waals surface area contributed by atoms with E-state index < -0.39 is 0 Å². The minimum absolute atomic E-state index is 0.116. The Labute approximate surface area is 108 Å².